The summed E-state index contributed by atoms with van der Waals surface area (Å²) in [4.78, 5) is 0. The van der Waals surface area contributed by atoms with Crippen molar-refractivity contribution in [2.24, 2.45) is 0 Å². The fourth-order valence-electron chi connectivity index (χ4n) is 2.06. The molecule has 1 aromatic carbocycles. The average Bonchev–Trinajstić information content (AvgIpc) is 2.85. The number of aromatic nitrogens is 2. The van der Waals surface area contributed by atoms with Gasteiger partial charge in [-0.15, -0.1) is 0 Å². The van der Waals surface area contributed by atoms with E-state index in [4.69, 9.17) is 11.6 Å². The van der Waals surface area contributed by atoms with Gasteiger partial charge in [0.05, 0.1) is 11.4 Å². The molecule has 3 nitrogen and oxygen atoms in total. The lowest BCUT2D eigenvalue weighted by Crippen LogP contribution is -2.35. The molecule has 2 rings (SSSR count). The maximum absolute atomic E-state index is 6.15. The topological polar surface area (TPSA) is 29.9 Å². The molecule has 0 aliphatic carbocycles. The van der Waals surface area contributed by atoms with Crippen LogP contribution in [0.25, 0.3) is 5.69 Å². The molecule has 1 N–H and O–H groups in total. The zero-order valence-electron chi connectivity index (χ0n) is 13.4. The van der Waals surface area contributed by atoms with Gasteiger partial charge in [0, 0.05) is 23.3 Å². The van der Waals surface area contributed by atoms with Gasteiger partial charge in [-0.1, -0.05) is 25.4 Å². The number of hydrogen-bond acceptors (Lipinski definition) is 2. The Morgan fingerprint density at radius 2 is 1.95 bits per heavy atom. The van der Waals surface area contributed by atoms with Crippen molar-refractivity contribution in [3.05, 3.63) is 46.7 Å². The van der Waals surface area contributed by atoms with Gasteiger partial charge in [-0.05, 0) is 56.5 Å². The number of rotatable bonds is 4. The maximum atomic E-state index is 6.15. The zero-order valence-corrected chi connectivity index (χ0v) is 14.2. The first-order valence-electron chi connectivity index (χ1n) is 7.35. The van der Waals surface area contributed by atoms with Crippen LogP contribution in [0.5, 0.6) is 0 Å². The molecule has 4 heteroatoms. The first-order chi connectivity index (χ1) is 9.76. The zero-order chi connectivity index (χ0) is 15.6. The molecule has 0 amide bonds. The molecule has 0 saturated carbocycles. The van der Waals surface area contributed by atoms with E-state index in [1.54, 1.807) is 0 Å². The van der Waals surface area contributed by atoms with Crippen molar-refractivity contribution in [2.75, 3.05) is 0 Å². The van der Waals surface area contributed by atoms with Crippen molar-refractivity contribution < 1.29 is 0 Å². The third kappa shape index (κ3) is 4.32. The molecule has 0 unspecified atom stereocenters. The van der Waals surface area contributed by atoms with Crippen LogP contribution in [0.4, 0.5) is 0 Å². The maximum Gasteiger partial charge on any atom is 0.0691 e. The first kappa shape index (κ1) is 16.1. The summed E-state index contributed by atoms with van der Waals surface area (Å²) in [7, 11) is 0. The molecule has 0 aliphatic heterocycles. The Hall–Kier alpha value is -1.32. The molecule has 0 spiro atoms. The second kappa shape index (κ2) is 6.20. The Morgan fingerprint density at radius 3 is 2.52 bits per heavy atom. The number of nitrogens with zero attached hydrogens (tertiary/aromatic N) is 2. The largest absolute Gasteiger partial charge is 0.308 e. The summed E-state index contributed by atoms with van der Waals surface area (Å²) in [6.45, 7) is 11.5. The summed E-state index contributed by atoms with van der Waals surface area (Å²) < 4.78 is 1.94. The van der Waals surface area contributed by atoms with Crippen molar-refractivity contribution in [1.29, 1.82) is 0 Å². The fourth-order valence-corrected chi connectivity index (χ4v) is 2.25. The van der Waals surface area contributed by atoms with Gasteiger partial charge in [-0.2, -0.15) is 5.10 Å². The first-order valence-corrected chi connectivity index (χ1v) is 7.73. The number of nitrogens with one attached hydrogen (secondary N) is 1. The Morgan fingerprint density at radius 1 is 1.24 bits per heavy atom. The van der Waals surface area contributed by atoms with Gasteiger partial charge in [-0.25, -0.2) is 4.68 Å². The van der Waals surface area contributed by atoms with E-state index in [0.717, 1.165) is 28.5 Å². The summed E-state index contributed by atoms with van der Waals surface area (Å²) >= 11 is 6.15. The highest BCUT2D eigenvalue weighted by Gasteiger charge is 2.13. The van der Waals surface area contributed by atoms with Gasteiger partial charge in [0.1, 0.15) is 0 Å². The summed E-state index contributed by atoms with van der Waals surface area (Å²) in [5.41, 5.74) is 3.38. The fraction of sp³-hybridized carbons (Fsp3) is 0.471. The third-order valence-corrected chi connectivity index (χ3v) is 3.53. The molecule has 1 aromatic heterocycles. The molecular formula is C17H24ClN3. The van der Waals surface area contributed by atoms with Crippen LogP contribution in [0.2, 0.25) is 5.02 Å². The normalized spacial score (nSPS) is 12.1. The minimum atomic E-state index is 0.0623. The minimum Gasteiger partial charge on any atom is -0.308 e. The Kier molecular flexibility index (Phi) is 4.74. The van der Waals surface area contributed by atoms with Gasteiger partial charge in [0.25, 0.3) is 0 Å². The molecule has 0 atom stereocenters. The Labute approximate surface area is 132 Å². The van der Waals surface area contributed by atoms with Crippen molar-refractivity contribution in [2.45, 2.75) is 52.6 Å². The van der Waals surface area contributed by atoms with Gasteiger partial charge in [-0.3, -0.25) is 0 Å². The molecule has 0 fully saturated rings. The van der Waals surface area contributed by atoms with E-state index < -0.39 is 0 Å². The molecule has 1 heterocycles. The summed E-state index contributed by atoms with van der Waals surface area (Å²) in [5, 5.41) is 8.92. The van der Waals surface area contributed by atoms with Gasteiger partial charge < -0.3 is 5.32 Å². The molecule has 2 aromatic rings. The highest BCUT2D eigenvalue weighted by atomic mass is 35.5. The number of hydrogen-bond donors (Lipinski definition) is 1. The van der Waals surface area contributed by atoms with Crippen molar-refractivity contribution >= 4 is 11.6 Å². The smallest absolute Gasteiger partial charge is 0.0691 e. The lowest BCUT2D eigenvalue weighted by molar-refractivity contribution is 0.424. The molecule has 0 aliphatic rings. The Bertz CT molecular complexity index is 609. The highest BCUT2D eigenvalue weighted by Crippen LogP contribution is 2.21. The van der Waals surface area contributed by atoms with E-state index in [1.165, 1.54) is 0 Å². The molecule has 21 heavy (non-hydrogen) atoms. The highest BCUT2D eigenvalue weighted by molar-refractivity contribution is 6.30. The van der Waals surface area contributed by atoms with Crippen molar-refractivity contribution in [3.8, 4) is 5.69 Å². The van der Waals surface area contributed by atoms with Crippen LogP contribution in [-0.4, -0.2) is 15.3 Å². The van der Waals surface area contributed by atoms with E-state index in [-0.39, 0.29) is 5.54 Å². The van der Waals surface area contributed by atoms with Gasteiger partial charge >= 0.3 is 0 Å². The van der Waals surface area contributed by atoms with Crippen LogP contribution in [0, 0.1) is 0 Å². The van der Waals surface area contributed by atoms with E-state index >= 15 is 0 Å². The molecule has 0 saturated heterocycles. The van der Waals surface area contributed by atoms with Crippen LogP contribution < -0.4 is 5.32 Å². The van der Waals surface area contributed by atoms with Crippen LogP contribution >= 0.6 is 11.6 Å². The second-order valence-corrected chi connectivity index (χ2v) is 7.15. The van der Waals surface area contributed by atoms with Crippen LogP contribution in [0.3, 0.4) is 0 Å². The lowest BCUT2D eigenvalue weighted by Gasteiger charge is -2.21. The van der Waals surface area contributed by atoms with E-state index in [9.17, 15) is 0 Å². The summed E-state index contributed by atoms with van der Waals surface area (Å²) in [6.07, 6.45) is 2.01. The van der Waals surface area contributed by atoms with E-state index in [1.807, 2.05) is 29.1 Å². The Balaban J connectivity index is 2.33. The van der Waals surface area contributed by atoms with Gasteiger partial charge in [0.15, 0.2) is 0 Å². The van der Waals surface area contributed by atoms with E-state index in [0.29, 0.717) is 5.92 Å². The van der Waals surface area contributed by atoms with Gasteiger partial charge in [0.2, 0.25) is 0 Å². The van der Waals surface area contributed by atoms with Crippen LogP contribution in [0.1, 0.15) is 51.8 Å². The third-order valence-electron chi connectivity index (χ3n) is 3.30. The molecule has 114 valence electrons. The molecule has 0 radical (unpaired) electrons. The van der Waals surface area contributed by atoms with Crippen LogP contribution in [0.15, 0.2) is 30.5 Å². The predicted molar refractivity (Wildman–Crippen MR) is 89.3 cm³/mol. The van der Waals surface area contributed by atoms with Crippen molar-refractivity contribution in [1.82, 2.24) is 15.1 Å². The second-order valence-electron chi connectivity index (χ2n) is 6.72. The SMILES string of the molecule is CC(C)c1ccn(-c2ccc(Cl)cc2CNC(C)(C)C)n1. The standard InChI is InChI=1S/C17H24ClN3/c1-12(2)15-8-9-21(20-15)16-7-6-14(18)10-13(16)11-19-17(3,4)5/h6-10,12,19H,11H2,1-5H3. The van der Waals surface area contributed by atoms with Crippen LogP contribution in [-0.2, 0) is 6.54 Å². The number of halogens is 1. The summed E-state index contributed by atoms with van der Waals surface area (Å²) in [6, 6.07) is 8.01. The van der Waals surface area contributed by atoms with E-state index in [2.05, 4.69) is 51.1 Å². The van der Waals surface area contributed by atoms with Crippen molar-refractivity contribution in [3.63, 3.8) is 0 Å². The lowest BCUT2D eigenvalue weighted by atomic mass is 10.1. The predicted octanol–water partition coefficient (Wildman–Crippen LogP) is 4.54. The quantitative estimate of drug-likeness (QED) is 0.899. The minimum absolute atomic E-state index is 0.0623. The molecular weight excluding hydrogens is 282 g/mol. The number of benzene rings is 1. The average molecular weight is 306 g/mol. The summed E-state index contributed by atoms with van der Waals surface area (Å²) in [5.74, 6) is 0.426. The molecule has 0 bridgehead atoms. The monoisotopic (exact) mass is 305 g/mol.